The molecule has 0 radical (unpaired) electrons. The molecular formula is C11H10F5NO2. The van der Waals surface area contributed by atoms with E-state index >= 15 is 0 Å². The fraction of sp³-hybridized carbons (Fsp3) is 0.455. The van der Waals surface area contributed by atoms with Gasteiger partial charge in [0.25, 0.3) is 6.43 Å². The second kappa shape index (κ2) is 5.50. The number of aromatic nitrogens is 1. The van der Waals surface area contributed by atoms with E-state index in [1.165, 1.54) is 0 Å². The van der Waals surface area contributed by atoms with Gasteiger partial charge in [-0.15, -0.1) is 0 Å². The number of halogens is 5. The number of carbonyl (C=O) groups excluding carboxylic acids is 1. The molecule has 1 aromatic heterocycles. The van der Waals surface area contributed by atoms with Gasteiger partial charge in [-0.1, -0.05) is 0 Å². The van der Waals surface area contributed by atoms with E-state index in [2.05, 4.69) is 9.72 Å². The average molecular weight is 283 g/mol. The highest BCUT2D eigenvalue weighted by atomic mass is 19.4. The molecule has 3 nitrogen and oxygen atoms in total. The molecule has 0 amide bonds. The monoisotopic (exact) mass is 283 g/mol. The zero-order chi connectivity index (χ0) is 14.8. The molecule has 0 spiro atoms. The Balaban J connectivity index is 3.35. The van der Waals surface area contributed by atoms with Gasteiger partial charge in [0.05, 0.1) is 24.8 Å². The first-order valence-electron chi connectivity index (χ1n) is 5.09. The van der Waals surface area contributed by atoms with Crippen molar-refractivity contribution in [3.8, 4) is 0 Å². The van der Waals surface area contributed by atoms with Gasteiger partial charge in [-0.3, -0.25) is 9.78 Å². The van der Waals surface area contributed by atoms with Crippen LogP contribution >= 0.6 is 0 Å². The number of pyridine rings is 1. The predicted molar refractivity (Wildman–Crippen MR) is 54.7 cm³/mol. The number of hydrogen-bond donors (Lipinski definition) is 0. The molecule has 0 atom stereocenters. The zero-order valence-electron chi connectivity index (χ0n) is 10.0. The molecule has 0 unspecified atom stereocenters. The second-order valence-electron chi connectivity index (χ2n) is 3.71. The summed E-state index contributed by atoms with van der Waals surface area (Å²) in [6.45, 7) is 1.07. The highest BCUT2D eigenvalue weighted by molar-refractivity contribution is 5.72. The maximum atomic E-state index is 12.8. The van der Waals surface area contributed by atoms with Gasteiger partial charge < -0.3 is 4.74 Å². The van der Waals surface area contributed by atoms with Crippen LogP contribution in [0.4, 0.5) is 22.0 Å². The van der Waals surface area contributed by atoms with Gasteiger partial charge in [0.15, 0.2) is 0 Å². The van der Waals surface area contributed by atoms with Crippen molar-refractivity contribution in [3.05, 3.63) is 28.6 Å². The molecule has 0 N–H and O–H groups in total. The van der Waals surface area contributed by atoms with Crippen LogP contribution in [0.15, 0.2) is 6.20 Å². The van der Waals surface area contributed by atoms with E-state index in [0.717, 1.165) is 14.0 Å². The van der Waals surface area contributed by atoms with Gasteiger partial charge in [0.1, 0.15) is 0 Å². The molecule has 1 heterocycles. The van der Waals surface area contributed by atoms with Gasteiger partial charge in [-0.2, -0.15) is 13.2 Å². The first kappa shape index (κ1) is 15.3. The van der Waals surface area contributed by atoms with Crippen LogP contribution in [0.1, 0.15) is 28.8 Å². The molecule has 0 aliphatic rings. The van der Waals surface area contributed by atoms with E-state index in [1.807, 2.05) is 0 Å². The highest BCUT2D eigenvalue weighted by Crippen LogP contribution is 2.38. The molecule has 0 aromatic carbocycles. The molecule has 0 aliphatic heterocycles. The normalized spacial score (nSPS) is 11.8. The fourth-order valence-corrected chi connectivity index (χ4v) is 1.56. The summed E-state index contributed by atoms with van der Waals surface area (Å²) >= 11 is 0. The van der Waals surface area contributed by atoms with Crippen molar-refractivity contribution in [1.82, 2.24) is 4.98 Å². The van der Waals surface area contributed by atoms with Gasteiger partial charge in [0.2, 0.25) is 0 Å². The summed E-state index contributed by atoms with van der Waals surface area (Å²) in [4.78, 5) is 14.4. The fourth-order valence-electron chi connectivity index (χ4n) is 1.56. The van der Waals surface area contributed by atoms with E-state index in [9.17, 15) is 26.7 Å². The second-order valence-corrected chi connectivity index (χ2v) is 3.71. The Kier molecular flexibility index (Phi) is 4.43. The van der Waals surface area contributed by atoms with Gasteiger partial charge in [0, 0.05) is 11.8 Å². The lowest BCUT2D eigenvalue weighted by Gasteiger charge is -2.16. The van der Waals surface area contributed by atoms with E-state index in [-0.39, 0.29) is 11.3 Å². The van der Waals surface area contributed by atoms with Gasteiger partial charge in [-0.25, -0.2) is 8.78 Å². The van der Waals surface area contributed by atoms with Gasteiger partial charge in [-0.05, 0) is 12.5 Å². The number of methoxy groups -OCH3 is 1. The maximum absolute atomic E-state index is 12.8. The topological polar surface area (TPSA) is 39.2 Å². The van der Waals surface area contributed by atoms with Crippen LogP contribution in [0.25, 0.3) is 0 Å². The van der Waals surface area contributed by atoms with E-state index in [0.29, 0.717) is 6.20 Å². The molecule has 0 saturated heterocycles. The molecule has 0 fully saturated rings. The number of alkyl halides is 5. The van der Waals surface area contributed by atoms with Crippen LogP contribution in [0.2, 0.25) is 0 Å². The third kappa shape index (κ3) is 3.39. The number of carbonyl (C=O) groups is 1. The molecule has 19 heavy (non-hydrogen) atoms. The third-order valence-corrected chi connectivity index (χ3v) is 2.54. The van der Waals surface area contributed by atoms with Crippen molar-refractivity contribution in [3.63, 3.8) is 0 Å². The summed E-state index contributed by atoms with van der Waals surface area (Å²) in [7, 11) is 1.08. The Morgan fingerprint density at radius 1 is 1.42 bits per heavy atom. The minimum absolute atomic E-state index is 0.157. The van der Waals surface area contributed by atoms with Crippen molar-refractivity contribution >= 4 is 5.97 Å². The third-order valence-electron chi connectivity index (χ3n) is 2.54. The lowest BCUT2D eigenvalue weighted by molar-refractivity contribution is -0.140. The van der Waals surface area contributed by atoms with E-state index < -0.39 is 36.1 Å². The van der Waals surface area contributed by atoms with E-state index in [4.69, 9.17) is 0 Å². The van der Waals surface area contributed by atoms with Crippen molar-refractivity contribution < 1.29 is 31.5 Å². The maximum Gasteiger partial charge on any atom is 0.418 e. The van der Waals surface area contributed by atoms with Crippen LogP contribution in [-0.2, 0) is 22.1 Å². The summed E-state index contributed by atoms with van der Waals surface area (Å²) < 4.78 is 67.6. The summed E-state index contributed by atoms with van der Waals surface area (Å²) in [6.07, 6.45) is -8.38. The molecular weight excluding hydrogens is 273 g/mol. The number of hydrogen-bond acceptors (Lipinski definition) is 3. The van der Waals surface area contributed by atoms with Crippen LogP contribution in [0.3, 0.4) is 0 Å². The smallest absolute Gasteiger partial charge is 0.418 e. The Morgan fingerprint density at radius 2 is 2.00 bits per heavy atom. The first-order chi connectivity index (χ1) is 8.68. The Labute approximate surface area is 105 Å². The molecule has 0 aliphatic carbocycles. The molecule has 0 bridgehead atoms. The SMILES string of the molecule is COC(=O)Cc1ncc(C(F)(F)F)c(C(F)F)c1C. The summed E-state index contributed by atoms with van der Waals surface area (Å²) in [5.74, 6) is -0.768. The largest absolute Gasteiger partial charge is 0.469 e. The zero-order valence-corrected chi connectivity index (χ0v) is 10.0. The Morgan fingerprint density at radius 3 is 2.42 bits per heavy atom. The Hall–Kier alpha value is -1.73. The standard InChI is InChI=1S/C11H10F5NO2/c1-5-7(3-8(18)19-2)17-4-6(11(14,15)16)9(5)10(12)13/h4,10H,3H2,1-2H3. The van der Waals surface area contributed by atoms with Crippen molar-refractivity contribution in [2.45, 2.75) is 25.9 Å². The number of ether oxygens (including phenoxy) is 1. The molecule has 8 heteroatoms. The molecule has 0 saturated carbocycles. The van der Waals surface area contributed by atoms with Crippen LogP contribution < -0.4 is 0 Å². The number of rotatable bonds is 3. The van der Waals surface area contributed by atoms with Crippen molar-refractivity contribution in [2.75, 3.05) is 7.11 Å². The number of nitrogens with zero attached hydrogens (tertiary/aromatic N) is 1. The van der Waals surface area contributed by atoms with Crippen LogP contribution in [-0.4, -0.2) is 18.1 Å². The molecule has 1 rings (SSSR count). The number of esters is 1. The average Bonchev–Trinajstić information content (AvgIpc) is 2.29. The molecule has 106 valence electrons. The minimum atomic E-state index is -4.92. The predicted octanol–water partition coefficient (Wildman–Crippen LogP) is 3.06. The van der Waals surface area contributed by atoms with Gasteiger partial charge >= 0.3 is 12.1 Å². The van der Waals surface area contributed by atoms with Crippen molar-refractivity contribution in [2.24, 2.45) is 0 Å². The van der Waals surface area contributed by atoms with Crippen molar-refractivity contribution in [1.29, 1.82) is 0 Å². The Bertz CT molecular complexity index is 485. The molecule has 1 aromatic rings. The summed E-state index contributed by atoms with van der Waals surface area (Å²) in [6, 6.07) is 0. The quantitative estimate of drug-likeness (QED) is 0.632. The lowest BCUT2D eigenvalue weighted by atomic mass is 10.0. The summed E-state index contributed by atoms with van der Waals surface area (Å²) in [5.41, 5.74) is -3.15. The van der Waals surface area contributed by atoms with Crippen LogP contribution in [0.5, 0.6) is 0 Å². The lowest BCUT2D eigenvalue weighted by Crippen LogP contribution is -2.15. The first-order valence-corrected chi connectivity index (χ1v) is 5.09. The van der Waals surface area contributed by atoms with E-state index in [1.54, 1.807) is 0 Å². The minimum Gasteiger partial charge on any atom is -0.469 e. The summed E-state index contributed by atoms with van der Waals surface area (Å²) in [5, 5.41) is 0. The highest BCUT2D eigenvalue weighted by Gasteiger charge is 2.37. The van der Waals surface area contributed by atoms with Crippen LogP contribution in [0, 0.1) is 6.92 Å².